The summed E-state index contributed by atoms with van der Waals surface area (Å²) in [6, 6.07) is 0. The molecule has 0 aliphatic carbocycles. The van der Waals surface area contributed by atoms with Crippen molar-refractivity contribution >= 4 is 11.8 Å². The van der Waals surface area contributed by atoms with Gasteiger partial charge in [0.05, 0.1) is 18.3 Å². The molecule has 0 N–H and O–H groups in total. The van der Waals surface area contributed by atoms with Gasteiger partial charge in [-0.3, -0.25) is 9.59 Å². The first-order valence-corrected chi connectivity index (χ1v) is 7.56. The van der Waals surface area contributed by atoms with Gasteiger partial charge in [0.15, 0.2) is 0 Å². The Hall–Kier alpha value is -1.16. The molecule has 4 nitrogen and oxygen atoms in total. The lowest BCUT2D eigenvalue weighted by atomic mass is 9.77. The summed E-state index contributed by atoms with van der Waals surface area (Å²) < 4.78 is 11.0. The number of carbonyl (C=O) groups is 2. The molecule has 0 aromatic heterocycles. The highest BCUT2D eigenvalue weighted by molar-refractivity contribution is 5.86. The van der Waals surface area contributed by atoms with E-state index in [9.17, 15) is 9.59 Å². The third-order valence-corrected chi connectivity index (χ3v) is 4.53. The monoisotopic (exact) mass is 280 g/mol. The van der Waals surface area contributed by atoms with Gasteiger partial charge in [-0.2, -0.15) is 0 Å². The molecule has 1 fully saturated rings. The van der Waals surface area contributed by atoms with Crippen molar-refractivity contribution in [3.63, 3.8) is 0 Å². The summed E-state index contributed by atoms with van der Waals surface area (Å²) in [5.74, 6) is -0.00436. The maximum Gasteiger partial charge on any atom is 0.305 e. The minimum absolute atomic E-state index is 0.0450. The van der Waals surface area contributed by atoms with E-state index in [0.29, 0.717) is 13.0 Å². The molecule has 0 saturated carbocycles. The molecule has 2 aliphatic rings. The number of unbranched alkanes of at least 4 members (excludes halogenated alkanes) is 1. The molecule has 2 bridgehead atoms. The number of carbonyl (C=O) groups excluding carboxylic acids is 2. The standard InChI is InChI=1S/C16H24O4/c1-4-19-14(17)7-5-6-9-16-10-8-13(20-16)11(2)15(18)12(16)3/h8,10-13H,4-7,9H2,1-3H3/t11-,12-,13+,16-/m1/s1. The summed E-state index contributed by atoms with van der Waals surface area (Å²) in [6.45, 7) is 6.13. The van der Waals surface area contributed by atoms with E-state index in [1.807, 2.05) is 26.8 Å². The van der Waals surface area contributed by atoms with Gasteiger partial charge in [0.25, 0.3) is 0 Å². The van der Waals surface area contributed by atoms with Crippen molar-refractivity contribution in [2.75, 3.05) is 6.61 Å². The summed E-state index contributed by atoms with van der Waals surface area (Å²) in [5.41, 5.74) is -0.442. The fraction of sp³-hybridized carbons (Fsp3) is 0.750. The van der Waals surface area contributed by atoms with Crippen LogP contribution in [0.2, 0.25) is 0 Å². The summed E-state index contributed by atoms with van der Waals surface area (Å²) in [7, 11) is 0. The lowest BCUT2D eigenvalue weighted by Crippen LogP contribution is -2.50. The quantitative estimate of drug-likeness (QED) is 0.426. The average Bonchev–Trinajstić information content (AvgIpc) is 2.83. The molecule has 1 saturated heterocycles. The molecule has 2 aliphatic heterocycles. The van der Waals surface area contributed by atoms with E-state index >= 15 is 0 Å². The Morgan fingerprint density at radius 1 is 1.40 bits per heavy atom. The molecule has 0 aromatic carbocycles. The van der Waals surface area contributed by atoms with Crippen molar-refractivity contribution in [3.8, 4) is 0 Å². The number of fused-ring (bicyclic) bond motifs is 2. The van der Waals surface area contributed by atoms with Crippen LogP contribution in [0.1, 0.15) is 46.5 Å². The number of hydrogen-bond donors (Lipinski definition) is 0. The molecule has 20 heavy (non-hydrogen) atoms. The van der Waals surface area contributed by atoms with Gasteiger partial charge in [-0.1, -0.05) is 26.0 Å². The Kier molecular flexibility index (Phi) is 4.63. The first-order chi connectivity index (χ1) is 9.50. The second-order valence-electron chi connectivity index (χ2n) is 5.82. The van der Waals surface area contributed by atoms with Gasteiger partial charge in [-0.25, -0.2) is 0 Å². The molecule has 0 spiro atoms. The summed E-state index contributed by atoms with van der Waals surface area (Å²) in [5, 5.41) is 0. The minimum atomic E-state index is -0.442. The lowest BCUT2D eigenvalue weighted by Gasteiger charge is -2.41. The lowest BCUT2D eigenvalue weighted by molar-refractivity contribution is -0.160. The highest BCUT2D eigenvalue weighted by Gasteiger charge is 2.51. The zero-order chi connectivity index (χ0) is 14.8. The van der Waals surface area contributed by atoms with Crippen LogP contribution in [0.15, 0.2) is 12.2 Å². The molecular formula is C16H24O4. The van der Waals surface area contributed by atoms with Gasteiger partial charge < -0.3 is 9.47 Å². The smallest absolute Gasteiger partial charge is 0.305 e. The molecule has 4 heteroatoms. The van der Waals surface area contributed by atoms with Crippen molar-refractivity contribution < 1.29 is 19.1 Å². The third kappa shape index (κ3) is 2.80. The number of rotatable bonds is 6. The molecule has 0 unspecified atom stereocenters. The van der Waals surface area contributed by atoms with E-state index in [1.165, 1.54) is 0 Å². The predicted octanol–water partition coefficient (Wildman–Crippen LogP) is 2.66. The Bertz CT molecular complexity index is 415. The first-order valence-electron chi connectivity index (χ1n) is 7.56. The number of Topliss-reactive ketones (excluding diaryl/α,β-unsaturated/α-hetero) is 1. The van der Waals surface area contributed by atoms with Crippen LogP contribution in [0.5, 0.6) is 0 Å². The molecule has 4 atom stereocenters. The van der Waals surface area contributed by atoms with E-state index in [1.54, 1.807) is 0 Å². The van der Waals surface area contributed by atoms with Crippen LogP contribution in [0.25, 0.3) is 0 Å². The number of esters is 1. The SMILES string of the molecule is CCOC(=O)CCCC[C@]12C=C[C@H](O1)[C@@H](C)C(=O)[C@H]2C. The van der Waals surface area contributed by atoms with Gasteiger partial charge in [-0.15, -0.1) is 0 Å². The average molecular weight is 280 g/mol. The van der Waals surface area contributed by atoms with Crippen molar-refractivity contribution in [2.45, 2.75) is 58.2 Å². The summed E-state index contributed by atoms with van der Waals surface area (Å²) in [4.78, 5) is 23.5. The topological polar surface area (TPSA) is 52.6 Å². The Labute approximate surface area is 120 Å². The predicted molar refractivity (Wildman–Crippen MR) is 75.2 cm³/mol. The number of hydrogen-bond acceptors (Lipinski definition) is 4. The molecule has 112 valence electrons. The van der Waals surface area contributed by atoms with Gasteiger partial charge in [0.2, 0.25) is 0 Å². The Morgan fingerprint density at radius 2 is 2.15 bits per heavy atom. The zero-order valence-electron chi connectivity index (χ0n) is 12.6. The van der Waals surface area contributed by atoms with Crippen LogP contribution in [-0.4, -0.2) is 30.1 Å². The molecule has 0 radical (unpaired) electrons. The van der Waals surface area contributed by atoms with Crippen LogP contribution >= 0.6 is 0 Å². The first kappa shape index (κ1) is 15.2. The fourth-order valence-corrected chi connectivity index (χ4v) is 3.16. The summed E-state index contributed by atoms with van der Waals surface area (Å²) >= 11 is 0. The second-order valence-corrected chi connectivity index (χ2v) is 5.82. The fourth-order valence-electron chi connectivity index (χ4n) is 3.16. The molecule has 0 amide bonds. The molecular weight excluding hydrogens is 256 g/mol. The normalized spacial score (nSPS) is 35.4. The van der Waals surface area contributed by atoms with Crippen LogP contribution in [0.4, 0.5) is 0 Å². The minimum Gasteiger partial charge on any atom is -0.466 e. The van der Waals surface area contributed by atoms with Crippen LogP contribution < -0.4 is 0 Å². The molecule has 2 heterocycles. The van der Waals surface area contributed by atoms with Gasteiger partial charge in [-0.05, 0) is 26.2 Å². The van der Waals surface area contributed by atoms with Crippen molar-refractivity contribution in [2.24, 2.45) is 11.8 Å². The molecule has 2 rings (SSSR count). The largest absolute Gasteiger partial charge is 0.466 e. The van der Waals surface area contributed by atoms with Crippen LogP contribution in [0.3, 0.4) is 0 Å². The maximum absolute atomic E-state index is 12.2. The zero-order valence-corrected chi connectivity index (χ0v) is 12.6. The highest BCUT2D eigenvalue weighted by atomic mass is 16.5. The second kappa shape index (κ2) is 6.08. The van der Waals surface area contributed by atoms with E-state index in [0.717, 1.165) is 19.3 Å². The van der Waals surface area contributed by atoms with Crippen LogP contribution in [0, 0.1) is 11.8 Å². The number of ketones is 1. The Morgan fingerprint density at radius 3 is 2.85 bits per heavy atom. The molecule has 0 aromatic rings. The highest BCUT2D eigenvalue weighted by Crippen LogP contribution is 2.44. The van der Waals surface area contributed by atoms with Crippen LogP contribution in [-0.2, 0) is 19.1 Å². The van der Waals surface area contributed by atoms with E-state index < -0.39 is 5.60 Å². The number of ether oxygens (including phenoxy) is 2. The third-order valence-electron chi connectivity index (χ3n) is 4.53. The van der Waals surface area contributed by atoms with E-state index in [-0.39, 0.29) is 29.7 Å². The van der Waals surface area contributed by atoms with Crippen molar-refractivity contribution in [1.82, 2.24) is 0 Å². The van der Waals surface area contributed by atoms with E-state index in [4.69, 9.17) is 9.47 Å². The maximum atomic E-state index is 12.2. The Balaban J connectivity index is 1.85. The van der Waals surface area contributed by atoms with E-state index in [2.05, 4.69) is 6.08 Å². The summed E-state index contributed by atoms with van der Waals surface area (Å²) in [6.07, 6.45) is 6.89. The van der Waals surface area contributed by atoms with Gasteiger partial charge in [0, 0.05) is 18.3 Å². The van der Waals surface area contributed by atoms with Crippen molar-refractivity contribution in [3.05, 3.63) is 12.2 Å². The van der Waals surface area contributed by atoms with Gasteiger partial charge >= 0.3 is 5.97 Å². The van der Waals surface area contributed by atoms with Crippen molar-refractivity contribution in [1.29, 1.82) is 0 Å². The van der Waals surface area contributed by atoms with Gasteiger partial charge in [0.1, 0.15) is 5.78 Å².